The molecule has 0 fully saturated rings. The molecule has 32 heavy (non-hydrogen) atoms. The maximum absolute atomic E-state index is 6.12. The Kier molecular flexibility index (Phi) is 8.15. The van der Waals surface area contributed by atoms with E-state index in [9.17, 15) is 0 Å². The largest absolute Gasteiger partial charge is 0.497 e. The van der Waals surface area contributed by atoms with Crippen molar-refractivity contribution in [1.29, 1.82) is 0 Å². The van der Waals surface area contributed by atoms with Gasteiger partial charge in [0.1, 0.15) is 28.7 Å². The smallest absolute Gasteiger partial charge is 0.225 e. The first-order chi connectivity index (χ1) is 15.6. The molecule has 0 aromatic heterocycles. The summed E-state index contributed by atoms with van der Waals surface area (Å²) in [7, 11) is 3.25. The standard InChI is InChI=1S/C26H27NO5/c1-5-30-24-7-6-8-25(17-24)32-26(27-20-9-11-21(28-3)12-10-20)19(2)18-31-23-15-13-22(29-4)14-16-23/h6-18H,5H2,1-4H3. The lowest BCUT2D eigenvalue weighted by Crippen LogP contribution is -2.11. The zero-order valence-electron chi connectivity index (χ0n) is 18.7. The molecule has 0 aliphatic rings. The second kappa shape index (κ2) is 11.5. The van der Waals surface area contributed by atoms with Crippen LogP contribution in [0.3, 0.4) is 0 Å². The highest BCUT2D eigenvalue weighted by Crippen LogP contribution is 2.24. The highest BCUT2D eigenvalue weighted by atomic mass is 16.5. The highest BCUT2D eigenvalue weighted by molar-refractivity contribution is 5.96. The lowest BCUT2D eigenvalue weighted by atomic mass is 10.3. The number of ether oxygens (including phenoxy) is 5. The Hall–Kier alpha value is -3.93. The molecule has 3 aromatic carbocycles. The van der Waals surface area contributed by atoms with E-state index in [1.807, 2.05) is 86.6 Å². The van der Waals surface area contributed by atoms with Gasteiger partial charge >= 0.3 is 0 Å². The molecule has 0 radical (unpaired) electrons. The molecule has 0 N–H and O–H groups in total. The number of methoxy groups -OCH3 is 2. The summed E-state index contributed by atoms with van der Waals surface area (Å²) < 4.78 is 27.9. The fraction of sp³-hybridized carbons (Fsp3) is 0.192. The maximum Gasteiger partial charge on any atom is 0.225 e. The number of aliphatic imine (C=N–C) groups is 1. The van der Waals surface area contributed by atoms with E-state index in [0.29, 0.717) is 29.6 Å². The molecule has 6 nitrogen and oxygen atoms in total. The van der Waals surface area contributed by atoms with Crippen LogP contribution in [0, 0.1) is 0 Å². The molecular weight excluding hydrogens is 406 g/mol. The second-order valence-corrected chi connectivity index (χ2v) is 6.72. The summed E-state index contributed by atoms with van der Waals surface area (Å²) in [4.78, 5) is 4.67. The Morgan fingerprint density at radius 2 is 1.38 bits per heavy atom. The Morgan fingerprint density at radius 1 is 0.781 bits per heavy atom. The predicted molar refractivity (Wildman–Crippen MR) is 126 cm³/mol. The monoisotopic (exact) mass is 433 g/mol. The van der Waals surface area contributed by atoms with Gasteiger partial charge in [0, 0.05) is 11.6 Å². The highest BCUT2D eigenvalue weighted by Gasteiger charge is 2.09. The molecule has 0 amide bonds. The van der Waals surface area contributed by atoms with Crippen molar-refractivity contribution in [2.24, 2.45) is 4.99 Å². The van der Waals surface area contributed by atoms with E-state index in [4.69, 9.17) is 23.7 Å². The zero-order chi connectivity index (χ0) is 22.8. The molecule has 0 heterocycles. The van der Waals surface area contributed by atoms with Crippen molar-refractivity contribution in [3.63, 3.8) is 0 Å². The number of nitrogens with zero attached hydrogens (tertiary/aromatic N) is 1. The average Bonchev–Trinajstić information content (AvgIpc) is 2.83. The average molecular weight is 434 g/mol. The number of hydrogen-bond acceptors (Lipinski definition) is 6. The van der Waals surface area contributed by atoms with Crippen LogP contribution < -0.4 is 23.7 Å². The summed E-state index contributed by atoms with van der Waals surface area (Å²) in [6, 6.07) is 22.2. The third-order valence-electron chi connectivity index (χ3n) is 4.40. The molecule has 166 valence electrons. The Balaban J connectivity index is 1.87. The van der Waals surface area contributed by atoms with Gasteiger partial charge in [0.25, 0.3) is 0 Å². The number of benzene rings is 3. The molecule has 0 saturated carbocycles. The molecule has 0 aliphatic heterocycles. The zero-order valence-corrected chi connectivity index (χ0v) is 18.7. The summed E-state index contributed by atoms with van der Waals surface area (Å²) in [5.41, 5.74) is 1.43. The molecule has 0 atom stereocenters. The van der Waals surface area contributed by atoms with Crippen LogP contribution in [0.4, 0.5) is 5.69 Å². The van der Waals surface area contributed by atoms with Gasteiger partial charge in [0.05, 0.1) is 32.8 Å². The molecule has 0 bridgehead atoms. The van der Waals surface area contributed by atoms with Gasteiger partial charge < -0.3 is 23.7 Å². The van der Waals surface area contributed by atoms with Crippen molar-refractivity contribution in [3.05, 3.63) is 84.6 Å². The fourth-order valence-electron chi connectivity index (χ4n) is 2.73. The van der Waals surface area contributed by atoms with Crippen molar-refractivity contribution >= 4 is 11.6 Å². The molecule has 0 unspecified atom stereocenters. The lowest BCUT2D eigenvalue weighted by Gasteiger charge is -2.12. The van der Waals surface area contributed by atoms with Gasteiger partial charge in [-0.1, -0.05) is 6.07 Å². The van der Waals surface area contributed by atoms with Gasteiger partial charge in [-0.25, -0.2) is 4.99 Å². The summed E-state index contributed by atoms with van der Waals surface area (Å²) in [5, 5.41) is 0. The molecule has 0 aliphatic carbocycles. The van der Waals surface area contributed by atoms with Crippen molar-refractivity contribution < 1.29 is 23.7 Å². The second-order valence-electron chi connectivity index (χ2n) is 6.72. The summed E-state index contributed by atoms with van der Waals surface area (Å²) in [5.74, 6) is 3.93. The maximum atomic E-state index is 6.12. The van der Waals surface area contributed by atoms with E-state index in [2.05, 4.69) is 4.99 Å². The predicted octanol–water partition coefficient (Wildman–Crippen LogP) is 6.19. The number of rotatable bonds is 9. The fourth-order valence-corrected chi connectivity index (χ4v) is 2.73. The van der Waals surface area contributed by atoms with E-state index in [1.165, 1.54) is 0 Å². The summed E-state index contributed by atoms with van der Waals surface area (Å²) >= 11 is 0. The van der Waals surface area contributed by atoms with Crippen LogP contribution in [0.15, 0.2) is 89.6 Å². The van der Waals surface area contributed by atoms with Gasteiger partial charge in [0.15, 0.2) is 0 Å². The molecule has 0 spiro atoms. The minimum Gasteiger partial charge on any atom is -0.497 e. The number of hydrogen-bond donors (Lipinski definition) is 0. The van der Waals surface area contributed by atoms with Crippen molar-refractivity contribution in [2.75, 3.05) is 20.8 Å². The van der Waals surface area contributed by atoms with E-state index in [0.717, 1.165) is 22.9 Å². The Labute approximate surface area is 188 Å². The van der Waals surface area contributed by atoms with Crippen LogP contribution in [0.5, 0.6) is 28.7 Å². The van der Waals surface area contributed by atoms with E-state index in [-0.39, 0.29) is 0 Å². The first-order valence-corrected chi connectivity index (χ1v) is 10.2. The molecule has 6 heteroatoms. The van der Waals surface area contributed by atoms with Crippen molar-refractivity contribution in [3.8, 4) is 28.7 Å². The normalized spacial score (nSPS) is 11.6. The first-order valence-electron chi connectivity index (χ1n) is 10.2. The van der Waals surface area contributed by atoms with Crippen molar-refractivity contribution in [2.45, 2.75) is 13.8 Å². The molecule has 3 rings (SSSR count). The minimum atomic E-state index is 0.400. The van der Waals surface area contributed by atoms with Crippen LogP contribution in [-0.2, 0) is 0 Å². The summed E-state index contributed by atoms with van der Waals surface area (Å²) in [6.45, 7) is 4.39. The molecule has 0 saturated heterocycles. The van der Waals surface area contributed by atoms with Gasteiger partial charge in [-0.3, -0.25) is 0 Å². The third kappa shape index (κ3) is 6.54. The lowest BCUT2D eigenvalue weighted by molar-refractivity contribution is 0.339. The first kappa shape index (κ1) is 22.7. The van der Waals surface area contributed by atoms with Gasteiger partial charge in [-0.2, -0.15) is 0 Å². The van der Waals surface area contributed by atoms with Crippen LogP contribution >= 0.6 is 0 Å². The third-order valence-corrected chi connectivity index (χ3v) is 4.40. The Morgan fingerprint density at radius 3 is 2.00 bits per heavy atom. The van der Waals surface area contributed by atoms with Crippen LogP contribution in [-0.4, -0.2) is 26.7 Å². The van der Waals surface area contributed by atoms with Crippen LogP contribution in [0.2, 0.25) is 0 Å². The quantitative estimate of drug-likeness (QED) is 0.229. The van der Waals surface area contributed by atoms with E-state index in [1.54, 1.807) is 20.5 Å². The van der Waals surface area contributed by atoms with Gasteiger partial charge in [-0.15, -0.1) is 0 Å². The minimum absolute atomic E-state index is 0.400. The van der Waals surface area contributed by atoms with Crippen LogP contribution in [0.25, 0.3) is 0 Å². The molecule has 3 aromatic rings. The van der Waals surface area contributed by atoms with Gasteiger partial charge in [-0.05, 0) is 74.5 Å². The van der Waals surface area contributed by atoms with Gasteiger partial charge in [0.2, 0.25) is 5.90 Å². The summed E-state index contributed by atoms with van der Waals surface area (Å²) in [6.07, 6.45) is 1.61. The topological polar surface area (TPSA) is 58.5 Å². The van der Waals surface area contributed by atoms with E-state index < -0.39 is 0 Å². The van der Waals surface area contributed by atoms with Crippen LogP contribution in [0.1, 0.15) is 13.8 Å². The SMILES string of the molecule is CCOc1cccc(OC(=Nc2ccc(OC)cc2)C(C)=COc2ccc(OC)cc2)c1. The van der Waals surface area contributed by atoms with E-state index >= 15 is 0 Å². The molecular formula is C26H27NO5. The Bertz CT molecular complexity index is 1060. The van der Waals surface area contributed by atoms with Crippen molar-refractivity contribution in [1.82, 2.24) is 0 Å².